The minimum atomic E-state index is 0.742. The molecular weight excluding hydrogens is 232 g/mol. The molecule has 0 aliphatic heterocycles. The lowest BCUT2D eigenvalue weighted by atomic mass is 9.51. The first kappa shape index (κ1) is 11.7. The zero-order valence-corrected chi connectivity index (χ0v) is 11.6. The number of anilines is 1. The zero-order valence-electron chi connectivity index (χ0n) is 11.6. The maximum absolute atomic E-state index is 5.97. The molecule has 0 saturated heterocycles. The fraction of sp³-hybridized carbons (Fsp3) is 0.706. The summed E-state index contributed by atoms with van der Waals surface area (Å²) in [5.74, 6) is 5.96. The van der Waals surface area contributed by atoms with E-state index in [9.17, 15) is 0 Å². The number of hydrogen-bond acceptors (Lipinski definition) is 2. The Balaban J connectivity index is 1.45. The molecule has 1 aromatic rings. The van der Waals surface area contributed by atoms with E-state index in [0.717, 1.165) is 41.8 Å². The van der Waals surface area contributed by atoms with Crippen molar-refractivity contribution >= 4 is 5.82 Å². The molecule has 102 valence electrons. The molecule has 0 radical (unpaired) electrons. The lowest BCUT2D eigenvalue weighted by molar-refractivity contribution is -0.0394. The Kier molecular flexibility index (Phi) is 2.78. The first-order valence-electron chi connectivity index (χ1n) is 7.99. The van der Waals surface area contributed by atoms with Gasteiger partial charge in [-0.25, -0.2) is 4.98 Å². The van der Waals surface area contributed by atoms with Crippen LogP contribution in [-0.2, 0) is 6.42 Å². The van der Waals surface area contributed by atoms with Crippen LogP contribution in [0.15, 0.2) is 18.3 Å². The maximum atomic E-state index is 5.97. The van der Waals surface area contributed by atoms with E-state index in [4.69, 9.17) is 5.73 Å². The third-order valence-electron chi connectivity index (χ3n) is 6.10. The van der Waals surface area contributed by atoms with E-state index < -0.39 is 0 Å². The topological polar surface area (TPSA) is 38.9 Å². The van der Waals surface area contributed by atoms with Crippen LogP contribution in [0.5, 0.6) is 0 Å². The number of pyridine rings is 1. The Hall–Kier alpha value is -1.05. The smallest absolute Gasteiger partial charge is 0.126 e. The molecule has 2 N–H and O–H groups in total. The second-order valence-corrected chi connectivity index (χ2v) is 7.18. The van der Waals surface area contributed by atoms with Crippen molar-refractivity contribution < 1.29 is 0 Å². The van der Waals surface area contributed by atoms with Crippen molar-refractivity contribution in [2.45, 2.75) is 44.9 Å². The van der Waals surface area contributed by atoms with Crippen molar-refractivity contribution in [1.29, 1.82) is 0 Å². The van der Waals surface area contributed by atoms with E-state index in [2.05, 4.69) is 11.1 Å². The van der Waals surface area contributed by atoms with Gasteiger partial charge in [-0.05, 0) is 86.2 Å². The Labute approximate surface area is 115 Å². The van der Waals surface area contributed by atoms with Crippen LogP contribution in [0.25, 0.3) is 0 Å². The first-order valence-corrected chi connectivity index (χ1v) is 7.99. The summed E-state index contributed by atoms with van der Waals surface area (Å²) in [6.07, 6.45) is 11.9. The van der Waals surface area contributed by atoms with Crippen LogP contribution >= 0.6 is 0 Å². The number of aryl methyl sites for hydroxylation is 1. The van der Waals surface area contributed by atoms with E-state index >= 15 is 0 Å². The molecule has 4 bridgehead atoms. The van der Waals surface area contributed by atoms with Gasteiger partial charge in [-0.1, -0.05) is 6.07 Å². The molecule has 5 rings (SSSR count). The normalized spacial score (nSPS) is 39.7. The zero-order chi connectivity index (χ0) is 12.8. The van der Waals surface area contributed by atoms with Gasteiger partial charge in [-0.2, -0.15) is 0 Å². The first-order chi connectivity index (χ1) is 9.29. The Morgan fingerprint density at radius 2 is 1.74 bits per heavy atom. The molecule has 2 heteroatoms. The summed E-state index contributed by atoms with van der Waals surface area (Å²) < 4.78 is 0. The van der Waals surface area contributed by atoms with Crippen LogP contribution < -0.4 is 5.73 Å². The number of hydrogen-bond donors (Lipinski definition) is 1. The largest absolute Gasteiger partial charge is 0.383 e. The Morgan fingerprint density at radius 1 is 1.05 bits per heavy atom. The molecule has 19 heavy (non-hydrogen) atoms. The second kappa shape index (κ2) is 4.50. The molecular formula is C17H24N2. The van der Waals surface area contributed by atoms with Crippen LogP contribution in [0.4, 0.5) is 5.82 Å². The van der Waals surface area contributed by atoms with Crippen molar-refractivity contribution in [1.82, 2.24) is 4.98 Å². The van der Waals surface area contributed by atoms with Crippen LogP contribution in [0, 0.1) is 29.6 Å². The van der Waals surface area contributed by atoms with E-state index in [1.54, 1.807) is 12.6 Å². The number of nitrogen functional groups attached to an aromatic ring is 1. The third-order valence-corrected chi connectivity index (χ3v) is 6.10. The Bertz CT molecular complexity index is 440. The highest BCUT2D eigenvalue weighted by atomic mass is 14.8. The average molecular weight is 256 g/mol. The van der Waals surface area contributed by atoms with Crippen molar-refractivity contribution in [2.75, 3.05) is 5.73 Å². The van der Waals surface area contributed by atoms with Crippen LogP contribution in [0.3, 0.4) is 0 Å². The van der Waals surface area contributed by atoms with Gasteiger partial charge in [0.1, 0.15) is 5.82 Å². The number of nitrogens with two attached hydrogens (primary N) is 1. The predicted molar refractivity (Wildman–Crippen MR) is 77.5 cm³/mol. The molecule has 2 nitrogen and oxygen atoms in total. The molecule has 4 aliphatic rings. The molecule has 4 fully saturated rings. The van der Waals surface area contributed by atoms with Gasteiger partial charge >= 0.3 is 0 Å². The van der Waals surface area contributed by atoms with Crippen molar-refractivity contribution in [3.8, 4) is 0 Å². The lowest BCUT2D eigenvalue weighted by Gasteiger charge is -2.54. The maximum Gasteiger partial charge on any atom is 0.126 e. The van der Waals surface area contributed by atoms with Gasteiger partial charge in [0, 0.05) is 6.20 Å². The SMILES string of the molecule is Nc1ncccc1CCC1C2CC3CC(C2)CC1C3. The van der Waals surface area contributed by atoms with Gasteiger partial charge in [0.25, 0.3) is 0 Å². The third kappa shape index (κ3) is 2.05. The highest BCUT2D eigenvalue weighted by molar-refractivity contribution is 5.38. The molecule has 4 aliphatic carbocycles. The van der Waals surface area contributed by atoms with Gasteiger partial charge in [0.2, 0.25) is 0 Å². The summed E-state index contributed by atoms with van der Waals surface area (Å²) in [4.78, 5) is 4.21. The highest BCUT2D eigenvalue weighted by Crippen LogP contribution is 2.57. The van der Waals surface area contributed by atoms with Gasteiger partial charge < -0.3 is 5.73 Å². The summed E-state index contributed by atoms with van der Waals surface area (Å²) in [5.41, 5.74) is 7.23. The van der Waals surface area contributed by atoms with Crippen molar-refractivity contribution in [3.05, 3.63) is 23.9 Å². The Morgan fingerprint density at radius 3 is 2.37 bits per heavy atom. The monoisotopic (exact) mass is 256 g/mol. The molecule has 0 unspecified atom stereocenters. The summed E-state index contributed by atoms with van der Waals surface area (Å²) >= 11 is 0. The van der Waals surface area contributed by atoms with E-state index in [1.807, 2.05) is 6.07 Å². The van der Waals surface area contributed by atoms with Crippen LogP contribution in [0.2, 0.25) is 0 Å². The molecule has 1 aromatic heterocycles. The number of nitrogens with zero attached hydrogens (tertiary/aromatic N) is 1. The number of aromatic nitrogens is 1. The van der Waals surface area contributed by atoms with E-state index in [1.165, 1.54) is 37.7 Å². The van der Waals surface area contributed by atoms with Crippen molar-refractivity contribution in [3.63, 3.8) is 0 Å². The molecule has 0 spiro atoms. The van der Waals surface area contributed by atoms with Crippen molar-refractivity contribution in [2.24, 2.45) is 29.6 Å². The molecule has 0 aromatic carbocycles. The van der Waals surface area contributed by atoms with Gasteiger partial charge in [-0.3, -0.25) is 0 Å². The summed E-state index contributed by atoms with van der Waals surface area (Å²) in [7, 11) is 0. The van der Waals surface area contributed by atoms with E-state index in [-0.39, 0.29) is 0 Å². The number of rotatable bonds is 3. The minimum absolute atomic E-state index is 0.742. The molecule has 0 atom stereocenters. The standard InChI is InChI=1S/C17H24N2/c18-17-13(2-1-5-19-17)3-4-16-14-7-11-6-12(9-14)10-15(16)8-11/h1-2,5,11-12,14-16H,3-4,6-10H2,(H2,18,19). The lowest BCUT2D eigenvalue weighted by Crippen LogP contribution is -2.45. The average Bonchev–Trinajstić information content (AvgIpc) is 2.39. The molecule has 1 heterocycles. The van der Waals surface area contributed by atoms with Crippen LogP contribution in [-0.4, -0.2) is 4.98 Å². The molecule has 4 saturated carbocycles. The fourth-order valence-corrected chi connectivity index (χ4v) is 5.49. The summed E-state index contributed by atoms with van der Waals surface area (Å²) in [6.45, 7) is 0. The van der Waals surface area contributed by atoms with E-state index in [0.29, 0.717) is 0 Å². The van der Waals surface area contributed by atoms with Crippen LogP contribution in [0.1, 0.15) is 44.1 Å². The second-order valence-electron chi connectivity index (χ2n) is 7.18. The minimum Gasteiger partial charge on any atom is -0.383 e. The summed E-state index contributed by atoms with van der Waals surface area (Å²) in [5, 5.41) is 0. The van der Waals surface area contributed by atoms with Gasteiger partial charge in [-0.15, -0.1) is 0 Å². The van der Waals surface area contributed by atoms with Gasteiger partial charge in [0.05, 0.1) is 0 Å². The highest BCUT2D eigenvalue weighted by Gasteiger charge is 2.47. The quantitative estimate of drug-likeness (QED) is 0.896. The van der Waals surface area contributed by atoms with Gasteiger partial charge in [0.15, 0.2) is 0 Å². The fourth-order valence-electron chi connectivity index (χ4n) is 5.49. The summed E-state index contributed by atoms with van der Waals surface area (Å²) in [6, 6.07) is 4.17. The molecule has 0 amide bonds. The predicted octanol–water partition coefficient (Wildman–Crippen LogP) is 3.67.